The molecule has 0 amide bonds. The van der Waals surface area contributed by atoms with E-state index >= 15 is 0 Å². The van der Waals surface area contributed by atoms with Crippen LogP contribution < -0.4 is 5.32 Å². The van der Waals surface area contributed by atoms with Crippen LogP contribution in [0.3, 0.4) is 0 Å². The number of hydrogen-bond donors (Lipinski definition) is 1. The van der Waals surface area contributed by atoms with E-state index in [1.54, 1.807) is 0 Å². The molecule has 0 bridgehead atoms. The fraction of sp³-hybridized carbons (Fsp3) is 0.708. The van der Waals surface area contributed by atoms with Crippen molar-refractivity contribution in [3.05, 3.63) is 35.4 Å². The summed E-state index contributed by atoms with van der Waals surface area (Å²) >= 11 is 0. The Kier molecular flexibility index (Phi) is 12.1. The topological polar surface area (TPSA) is 40.1 Å². The van der Waals surface area contributed by atoms with E-state index < -0.39 is 0 Å². The number of benzene rings is 1. The maximum Gasteiger partial charge on any atom is 0.194 e. The van der Waals surface area contributed by atoms with Crippen LogP contribution in [0.1, 0.15) is 63.5 Å². The van der Waals surface area contributed by atoms with Crippen LogP contribution in [0, 0.1) is 0 Å². The van der Waals surface area contributed by atoms with E-state index in [0.717, 1.165) is 58.1 Å². The number of hydrogen-bond acceptors (Lipinski definition) is 3. The SMILES string of the molecule is CCNC(=NCc1ccccc1CN1CCCCCC1)N1CCC(OCC)CC1.I. The molecule has 2 aliphatic heterocycles. The minimum Gasteiger partial charge on any atom is -0.378 e. The Hall–Kier alpha value is -0.860. The molecule has 0 aromatic heterocycles. The summed E-state index contributed by atoms with van der Waals surface area (Å²) in [6, 6.07) is 8.86. The molecule has 5 nitrogen and oxygen atoms in total. The molecule has 0 atom stereocenters. The average molecular weight is 529 g/mol. The summed E-state index contributed by atoms with van der Waals surface area (Å²) in [7, 11) is 0. The number of piperidine rings is 1. The lowest BCUT2D eigenvalue weighted by Gasteiger charge is -2.34. The van der Waals surface area contributed by atoms with Crippen molar-refractivity contribution in [2.75, 3.05) is 39.3 Å². The van der Waals surface area contributed by atoms with E-state index in [4.69, 9.17) is 9.73 Å². The Balaban J connectivity index is 0.00000320. The third-order valence-electron chi connectivity index (χ3n) is 6.09. The summed E-state index contributed by atoms with van der Waals surface area (Å²) in [6.07, 6.45) is 8.02. The second-order valence-corrected chi connectivity index (χ2v) is 8.27. The van der Waals surface area contributed by atoms with Crippen molar-refractivity contribution in [1.82, 2.24) is 15.1 Å². The van der Waals surface area contributed by atoms with Gasteiger partial charge in [0.05, 0.1) is 12.6 Å². The number of nitrogens with one attached hydrogen (secondary N) is 1. The number of nitrogens with zero attached hydrogens (tertiary/aromatic N) is 3. The van der Waals surface area contributed by atoms with Gasteiger partial charge in [0.2, 0.25) is 0 Å². The average Bonchev–Trinajstić information content (AvgIpc) is 3.02. The van der Waals surface area contributed by atoms with Gasteiger partial charge in [-0.05, 0) is 63.7 Å². The normalized spacial score (nSPS) is 19.3. The number of likely N-dealkylation sites (tertiary alicyclic amines) is 2. The summed E-state index contributed by atoms with van der Waals surface area (Å²) in [5, 5.41) is 3.50. The minimum absolute atomic E-state index is 0. The lowest BCUT2D eigenvalue weighted by molar-refractivity contribution is 0.0263. The van der Waals surface area contributed by atoms with Crippen LogP contribution in [0.5, 0.6) is 0 Å². The summed E-state index contributed by atoms with van der Waals surface area (Å²) in [5.41, 5.74) is 2.79. The number of aliphatic imine (C=N–C) groups is 1. The van der Waals surface area contributed by atoms with Crippen LogP contribution in [0.2, 0.25) is 0 Å². The fourth-order valence-electron chi connectivity index (χ4n) is 4.46. The molecule has 0 unspecified atom stereocenters. The highest BCUT2D eigenvalue weighted by atomic mass is 127. The molecule has 6 heteroatoms. The molecular formula is C24H41IN4O. The summed E-state index contributed by atoms with van der Waals surface area (Å²) in [5.74, 6) is 1.05. The van der Waals surface area contributed by atoms with Gasteiger partial charge in [-0.15, -0.1) is 24.0 Å². The van der Waals surface area contributed by atoms with Crippen LogP contribution in [0.25, 0.3) is 0 Å². The van der Waals surface area contributed by atoms with Crippen LogP contribution in [-0.2, 0) is 17.8 Å². The van der Waals surface area contributed by atoms with Crippen molar-refractivity contribution in [3.8, 4) is 0 Å². The lowest BCUT2D eigenvalue weighted by Crippen LogP contribution is -2.47. The van der Waals surface area contributed by atoms with Crippen molar-refractivity contribution in [2.24, 2.45) is 4.99 Å². The zero-order valence-electron chi connectivity index (χ0n) is 18.9. The minimum atomic E-state index is 0. The Morgan fingerprint density at radius 3 is 2.30 bits per heavy atom. The second kappa shape index (κ2) is 14.2. The van der Waals surface area contributed by atoms with Gasteiger partial charge < -0.3 is 15.0 Å². The lowest BCUT2D eigenvalue weighted by atomic mass is 10.1. The number of ether oxygens (including phenoxy) is 1. The number of guanidine groups is 1. The molecule has 2 aliphatic rings. The van der Waals surface area contributed by atoms with E-state index in [1.165, 1.54) is 49.9 Å². The van der Waals surface area contributed by atoms with Crippen molar-refractivity contribution in [1.29, 1.82) is 0 Å². The predicted octanol–water partition coefficient (Wildman–Crippen LogP) is 4.65. The molecule has 0 radical (unpaired) electrons. The Labute approximate surface area is 200 Å². The van der Waals surface area contributed by atoms with Gasteiger partial charge in [-0.3, -0.25) is 4.90 Å². The van der Waals surface area contributed by atoms with Crippen LogP contribution in [-0.4, -0.2) is 61.2 Å². The Bertz CT molecular complexity index is 623. The maximum atomic E-state index is 5.81. The first-order valence-corrected chi connectivity index (χ1v) is 11.7. The van der Waals surface area contributed by atoms with Gasteiger partial charge in [0, 0.05) is 32.8 Å². The van der Waals surface area contributed by atoms with Gasteiger partial charge in [-0.2, -0.15) is 0 Å². The molecule has 0 saturated carbocycles. The van der Waals surface area contributed by atoms with Gasteiger partial charge in [-0.1, -0.05) is 37.1 Å². The zero-order chi connectivity index (χ0) is 20.3. The maximum absolute atomic E-state index is 5.81. The quantitative estimate of drug-likeness (QED) is 0.318. The smallest absolute Gasteiger partial charge is 0.194 e. The molecule has 2 fully saturated rings. The zero-order valence-corrected chi connectivity index (χ0v) is 21.3. The number of rotatable bonds is 7. The molecule has 2 heterocycles. The van der Waals surface area contributed by atoms with Gasteiger partial charge in [0.15, 0.2) is 5.96 Å². The summed E-state index contributed by atoms with van der Waals surface area (Å²) in [4.78, 5) is 10.0. The first-order chi connectivity index (χ1) is 14.3. The van der Waals surface area contributed by atoms with E-state index in [-0.39, 0.29) is 24.0 Å². The third kappa shape index (κ3) is 8.00. The molecule has 1 N–H and O–H groups in total. The van der Waals surface area contributed by atoms with Crippen LogP contribution in [0.15, 0.2) is 29.3 Å². The van der Waals surface area contributed by atoms with Crippen molar-refractivity contribution < 1.29 is 4.74 Å². The fourth-order valence-corrected chi connectivity index (χ4v) is 4.46. The number of halogens is 1. The molecule has 30 heavy (non-hydrogen) atoms. The third-order valence-corrected chi connectivity index (χ3v) is 6.09. The van der Waals surface area contributed by atoms with Gasteiger partial charge >= 0.3 is 0 Å². The van der Waals surface area contributed by atoms with Gasteiger partial charge in [-0.25, -0.2) is 4.99 Å². The summed E-state index contributed by atoms with van der Waals surface area (Å²) in [6.45, 7) is 12.3. The van der Waals surface area contributed by atoms with Gasteiger partial charge in [0.25, 0.3) is 0 Å². The highest BCUT2D eigenvalue weighted by Crippen LogP contribution is 2.18. The second-order valence-electron chi connectivity index (χ2n) is 8.27. The van der Waals surface area contributed by atoms with Crippen molar-refractivity contribution >= 4 is 29.9 Å². The van der Waals surface area contributed by atoms with Gasteiger partial charge in [0.1, 0.15) is 0 Å². The van der Waals surface area contributed by atoms with Crippen LogP contribution >= 0.6 is 24.0 Å². The Morgan fingerprint density at radius 2 is 1.67 bits per heavy atom. The molecule has 170 valence electrons. The predicted molar refractivity (Wildman–Crippen MR) is 137 cm³/mol. The van der Waals surface area contributed by atoms with Crippen LogP contribution in [0.4, 0.5) is 0 Å². The molecule has 3 rings (SSSR count). The molecule has 1 aromatic carbocycles. The van der Waals surface area contributed by atoms with E-state index in [9.17, 15) is 0 Å². The first kappa shape index (κ1) is 25.4. The highest BCUT2D eigenvalue weighted by molar-refractivity contribution is 14.0. The first-order valence-electron chi connectivity index (χ1n) is 11.7. The summed E-state index contributed by atoms with van der Waals surface area (Å²) < 4.78 is 5.81. The standard InChI is InChI=1S/C24H40N4O.HI/c1-3-25-24(28-17-13-23(14-18-28)29-4-2)26-19-21-11-7-8-12-22(21)20-27-15-9-5-6-10-16-27;/h7-8,11-12,23H,3-6,9-10,13-20H2,1-2H3,(H,25,26);1H. The van der Waals surface area contributed by atoms with Crippen molar-refractivity contribution in [3.63, 3.8) is 0 Å². The van der Waals surface area contributed by atoms with E-state index in [2.05, 4.69) is 53.2 Å². The molecule has 0 spiro atoms. The molecule has 2 saturated heterocycles. The molecule has 0 aliphatic carbocycles. The Morgan fingerprint density at radius 1 is 1.00 bits per heavy atom. The van der Waals surface area contributed by atoms with E-state index in [0.29, 0.717) is 6.10 Å². The monoisotopic (exact) mass is 528 g/mol. The molecule has 1 aromatic rings. The molecular weight excluding hydrogens is 487 g/mol. The highest BCUT2D eigenvalue weighted by Gasteiger charge is 2.21. The van der Waals surface area contributed by atoms with Crippen molar-refractivity contribution in [2.45, 2.75) is 71.6 Å². The van der Waals surface area contributed by atoms with E-state index in [1.807, 2.05) is 0 Å². The largest absolute Gasteiger partial charge is 0.378 e.